The van der Waals surface area contributed by atoms with E-state index in [2.05, 4.69) is 17.5 Å². The summed E-state index contributed by atoms with van der Waals surface area (Å²) in [6.45, 7) is 0. The van der Waals surface area contributed by atoms with E-state index in [4.69, 9.17) is 0 Å². The molecule has 1 nitrogen and oxygen atoms in total. The molecule has 0 spiro atoms. The van der Waals surface area contributed by atoms with E-state index in [9.17, 15) is 5.11 Å². The maximum atomic E-state index is 10.1. The second kappa shape index (κ2) is 6.41. The van der Waals surface area contributed by atoms with Crippen molar-refractivity contribution in [3.05, 3.63) is 22.4 Å². The van der Waals surface area contributed by atoms with Gasteiger partial charge >= 0.3 is 0 Å². The van der Waals surface area contributed by atoms with Crippen molar-refractivity contribution < 1.29 is 5.11 Å². The summed E-state index contributed by atoms with van der Waals surface area (Å²) in [5, 5.41) is 12.2. The summed E-state index contributed by atoms with van der Waals surface area (Å²) in [5.74, 6) is 0.775. The Morgan fingerprint density at radius 1 is 1.25 bits per heavy atom. The Bertz CT molecular complexity index is 273. The maximum absolute atomic E-state index is 10.1. The van der Waals surface area contributed by atoms with E-state index in [-0.39, 0.29) is 6.10 Å². The van der Waals surface area contributed by atoms with Crippen molar-refractivity contribution in [3.8, 4) is 0 Å². The molecule has 2 rings (SSSR count). The van der Waals surface area contributed by atoms with Crippen LogP contribution in [0, 0.1) is 5.92 Å². The largest absolute Gasteiger partial charge is 0.393 e. The van der Waals surface area contributed by atoms with Crippen LogP contribution in [0.3, 0.4) is 0 Å². The van der Waals surface area contributed by atoms with Gasteiger partial charge in [-0.05, 0) is 23.8 Å². The molecule has 90 valence electrons. The van der Waals surface area contributed by atoms with Gasteiger partial charge in [-0.3, -0.25) is 0 Å². The number of rotatable bonds is 4. The number of aliphatic hydroxyl groups excluding tert-OH is 1. The molecule has 1 heterocycles. The summed E-state index contributed by atoms with van der Waals surface area (Å²) in [7, 11) is 0. The third-order valence-corrected chi connectivity index (χ3v) is 4.50. The Labute approximate surface area is 103 Å². The summed E-state index contributed by atoms with van der Waals surface area (Å²) < 4.78 is 0. The molecule has 1 unspecified atom stereocenters. The second-order valence-corrected chi connectivity index (χ2v) is 6.06. The third-order valence-electron chi connectivity index (χ3n) is 3.60. The minimum atomic E-state index is -0.123. The Morgan fingerprint density at radius 2 is 2.00 bits per heavy atom. The molecule has 16 heavy (non-hydrogen) atoms. The van der Waals surface area contributed by atoms with Crippen molar-refractivity contribution in [2.45, 2.75) is 57.5 Å². The zero-order valence-corrected chi connectivity index (χ0v) is 10.7. The maximum Gasteiger partial charge on any atom is 0.0591 e. The van der Waals surface area contributed by atoms with Crippen LogP contribution in [0.1, 0.15) is 49.8 Å². The summed E-state index contributed by atoms with van der Waals surface area (Å²) in [4.78, 5) is 1.32. The number of thiophene rings is 1. The molecule has 1 fully saturated rings. The monoisotopic (exact) mass is 238 g/mol. The molecule has 1 N–H and O–H groups in total. The minimum absolute atomic E-state index is 0.123. The average Bonchev–Trinajstić information content (AvgIpc) is 2.62. The highest BCUT2D eigenvalue weighted by molar-refractivity contribution is 7.09. The van der Waals surface area contributed by atoms with Gasteiger partial charge in [0.1, 0.15) is 0 Å². The molecule has 1 aromatic heterocycles. The summed E-state index contributed by atoms with van der Waals surface area (Å²) in [6.07, 6.45) is 9.96. The topological polar surface area (TPSA) is 20.2 Å². The van der Waals surface area contributed by atoms with Gasteiger partial charge in [0.15, 0.2) is 0 Å². The third kappa shape index (κ3) is 3.91. The van der Waals surface area contributed by atoms with Crippen molar-refractivity contribution in [1.82, 2.24) is 0 Å². The fraction of sp³-hybridized carbons (Fsp3) is 0.714. The van der Waals surface area contributed by atoms with E-state index in [1.807, 2.05) is 0 Å². The van der Waals surface area contributed by atoms with Crippen molar-refractivity contribution >= 4 is 11.3 Å². The predicted molar refractivity (Wildman–Crippen MR) is 69.8 cm³/mol. The molecule has 1 aromatic rings. The van der Waals surface area contributed by atoms with Gasteiger partial charge in [-0.15, -0.1) is 11.3 Å². The van der Waals surface area contributed by atoms with Crippen molar-refractivity contribution in [2.24, 2.45) is 5.92 Å². The molecule has 1 aliphatic carbocycles. The Hall–Kier alpha value is -0.340. The lowest BCUT2D eigenvalue weighted by molar-refractivity contribution is 0.138. The standard InChI is InChI=1S/C14H22OS/c15-13(11-14-8-5-9-16-14)10-12-6-3-1-2-4-7-12/h5,8-9,12-13,15H,1-4,6-7,10-11H2. The zero-order chi connectivity index (χ0) is 11.2. The van der Waals surface area contributed by atoms with Gasteiger partial charge < -0.3 is 5.11 Å². The van der Waals surface area contributed by atoms with Gasteiger partial charge in [0.05, 0.1) is 6.10 Å². The molecule has 1 atom stereocenters. The molecular weight excluding hydrogens is 216 g/mol. The van der Waals surface area contributed by atoms with Crippen LogP contribution in [0.15, 0.2) is 17.5 Å². The van der Waals surface area contributed by atoms with Crippen molar-refractivity contribution in [1.29, 1.82) is 0 Å². The van der Waals surface area contributed by atoms with Crippen LogP contribution < -0.4 is 0 Å². The predicted octanol–water partition coefficient (Wildman–Crippen LogP) is 4.01. The van der Waals surface area contributed by atoms with Crippen molar-refractivity contribution in [2.75, 3.05) is 0 Å². The highest BCUT2D eigenvalue weighted by atomic mass is 32.1. The highest BCUT2D eigenvalue weighted by Gasteiger charge is 2.16. The number of hydrogen-bond donors (Lipinski definition) is 1. The first kappa shape index (κ1) is 12.1. The van der Waals surface area contributed by atoms with E-state index < -0.39 is 0 Å². The lowest BCUT2D eigenvalue weighted by Crippen LogP contribution is -2.15. The Morgan fingerprint density at radius 3 is 2.62 bits per heavy atom. The van der Waals surface area contributed by atoms with Crippen LogP contribution >= 0.6 is 11.3 Å². The molecule has 2 heteroatoms. The first-order valence-corrected chi connectivity index (χ1v) is 7.43. The van der Waals surface area contributed by atoms with E-state index in [0.717, 1.165) is 18.8 Å². The molecule has 0 radical (unpaired) electrons. The van der Waals surface area contributed by atoms with Crippen LogP contribution in [0.25, 0.3) is 0 Å². The van der Waals surface area contributed by atoms with Gasteiger partial charge in [0.25, 0.3) is 0 Å². The van der Waals surface area contributed by atoms with E-state index in [1.54, 1.807) is 11.3 Å². The highest BCUT2D eigenvalue weighted by Crippen LogP contribution is 2.27. The second-order valence-electron chi connectivity index (χ2n) is 5.03. The van der Waals surface area contributed by atoms with E-state index in [0.29, 0.717) is 0 Å². The molecular formula is C14H22OS. The van der Waals surface area contributed by atoms with Gasteiger partial charge in [-0.1, -0.05) is 44.6 Å². The Kier molecular flexibility index (Phi) is 4.86. The molecule has 0 bridgehead atoms. The molecule has 0 saturated heterocycles. The average molecular weight is 238 g/mol. The van der Waals surface area contributed by atoms with Gasteiger partial charge in [-0.25, -0.2) is 0 Å². The number of aliphatic hydroxyl groups is 1. The van der Waals surface area contributed by atoms with Crippen molar-refractivity contribution in [3.63, 3.8) is 0 Å². The van der Waals surface area contributed by atoms with Gasteiger partial charge in [0.2, 0.25) is 0 Å². The van der Waals surface area contributed by atoms with E-state index >= 15 is 0 Å². The lowest BCUT2D eigenvalue weighted by Gasteiger charge is -2.17. The van der Waals surface area contributed by atoms with Crippen LogP contribution in [-0.4, -0.2) is 11.2 Å². The van der Waals surface area contributed by atoms with Crippen LogP contribution in [0.2, 0.25) is 0 Å². The van der Waals surface area contributed by atoms with Gasteiger partial charge in [-0.2, -0.15) is 0 Å². The van der Waals surface area contributed by atoms with Crippen LogP contribution in [-0.2, 0) is 6.42 Å². The number of hydrogen-bond acceptors (Lipinski definition) is 2. The van der Waals surface area contributed by atoms with E-state index in [1.165, 1.54) is 43.4 Å². The van der Waals surface area contributed by atoms with Gasteiger partial charge in [0, 0.05) is 11.3 Å². The molecule has 1 aliphatic rings. The fourth-order valence-electron chi connectivity index (χ4n) is 2.73. The van der Waals surface area contributed by atoms with Crippen LogP contribution in [0.4, 0.5) is 0 Å². The molecule has 0 amide bonds. The quantitative estimate of drug-likeness (QED) is 0.786. The zero-order valence-electron chi connectivity index (χ0n) is 9.90. The smallest absolute Gasteiger partial charge is 0.0591 e. The molecule has 0 aromatic carbocycles. The summed E-state index contributed by atoms with van der Waals surface area (Å²) in [6, 6.07) is 4.19. The summed E-state index contributed by atoms with van der Waals surface area (Å²) >= 11 is 1.76. The van der Waals surface area contributed by atoms with Crippen LogP contribution in [0.5, 0.6) is 0 Å². The molecule has 0 aliphatic heterocycles. The molecule has 1 saturated carbocycles. The first-order chi connectivity index (χ1) is 7.84. The normalized spacial score (nSPS) is 20.6. The SMILES string of the molecule is OC(Cc1cccs1)CC1CCCCCC1. The fourth-order valence-corrected chi connectivity index (χ4v) is 3.51. The lowest BCUT2D eigenvalue weighted by atomic mass is 9.92. The Balaban J connectivity index is 1.75. The minimum Gasteiger partial charge on any atom is -0.393 e. The summed E-state index contributed by atoms with van der Waals surface area (Å²) in [5.41, 5.74) is 0. The first-order valence-electron chi connectivity index (χ1n) is 6.55.